The van der Waals surface area contributed by atoms with Gasteiger partial charge in [0.25, 0.3) is 0 Å². The number of oxazole rings is 1. The van der Waals surface area contributed by atoms with E-state index in [0.29, 0.717) is 5.92 Å². The second-order valence-corrected chi connectivity index (χ2v) is 3.32. The first kappa shape index (κ1) is 10.3. The van der Waals surface area contributed by atoms with Gasteiger partial charge in [0.15, 0.2) is 5.89 Å². The van der Waals surface area contributed by atoms with E-state index < -0.39 is 0 Å². The third-order valence-corrected chi connectivity index (χ3v) is 2.26. The SMILES string of the molecule is CCC(C)c1cnc(CCNC)o1. The van der Waals surface area contributed by atoms with E-state index in [4.69, 9.17) is 4.42 Å². The van der Waals surface area contributed by atoms with Crippen LogP contribution in [-0.4, -0.2) is 18.6 Å². The van der Waals surface area contributed by atoms with Crippen molar-refractivity contribution in [2.24, 2.45) is 0 Å². The highest BCUT2D eigenvalue weighted by Gasteiger charge is 2.08. The molecule has 0 aliphatic rings. The Labute approximate surface area is 79.5 Å². The second kappa shape index (κ2) is 5.02. The van der Waals surface area contributed by atoms with Gasteiger partial charge in [0.1, 0.15) is 5.76 Å². The molecule has 3 nitrogen and oxygen atoms in total. The van der Waals surface area contributed by atoms with Crippen LogP contribution in [0.4, 0.5) is 0 Å². The van der Waals surface area contributed by atoms with Crippen molar-refractivity contribution in [1.29, 1.82) is 0 Å². The summed E-state index contributed by atoms with van der Waals surface area (Å²) in [7, 11) is 1.93. The first-order valence-corrected chi connectivity index (χ1v) is 4.87. The van der Waals surface area contributed by atoms with Crippen molar-refractivity contribution in [2.75, 3.05) is 13.6 Å². The minimum Gasteiger partial charge on any atom is -0.445 e. The quantitative estimate of drug-likeness (QED) is 0.756. The van der Waals surface area contributed by atoms with Gasteiger partial charge in [-0.15, -0.1) is 0 Å². The van der Waals surface area contributed by atoms with Gasteiger partial charge in [-0.25, -0.2) is 4.98 Å². The fourth-order valence-corrected chi connectivity index (χ4v) is 1.10. The van der Waals surface area contributed by atoms with Crippen molar-refractivity contribution in [1.82, 2.24) is 10.3 Å². The number of nitrogens with one attached hydrogen (secondary N) is 1. The van der Waals surface area contributed by atoms with Gasteiger partial charge in [0.05, 0.1) is 6.20 Å². The summed E-state index contributed by atoms with van der Waals surface area (Å²) in [6.07, 6.45) is 3.81. The summed E-state index contributed by atoms with van der Waals surface area (Å²) in [6.45, 7) is 5.23. The Hall–Kier alpha value is -0.830. The van der Waals surface area contributed by atoms with Crippen LogP contribution < -0.4 is 5.32 Å². The normalized spacial score (nSPS) is 13.2. The van der Waals surface area contributed by atoms with Gasteiger partial charge in [0.2, 0.25) is 0 Å². The lowest BCUT2D eigenvalue weighted by molar-refractivity contribution is 0.425. The van der Waals surface area contributed by atoms with Gasteiger partial charge >= 0.3 is 0 Å². The predicted octanol–water partition coefficient (Wildman–Crippen LogP) is 1.95. The Kier molecular flexibility index (Phi) is 3.96. The van der Waals surface area contributed by atoms with Gasteiger partial charge in [0, 0.05) is 18.9 Å². The van der Waals surface area contributed by atoms with E-state index in [-0.39, 0.29) is 0 Å². The summed E-state index contributed by atoms with van der Waals surface area (Å²) in [5.41, 5.74) is 0. The molecule has 1 N–H and O–H groups in total. The molecule has 0 saturated carbocycles. The Morgan fingerprint density at radius 2 is 2.38 bits per heavy atom. The van der Waals surface area contributed by atoms with Gasteiger partial charge in [-0.3, -0.25) is 0 Å². The molecule has 0 radical (unpaired) electrons. The molecule has 0 saturated heterocycles. The van der Waals surface area contributed by atoms with Crippen LogP contribution in [0.1, 0.15) is 37.8 Å². The molecule has 74 valence electrons. The standard InChI is InChI=1S/C10H18N2O/c1-4-8(2)9-7-12-10(13-9)5-6-11-3/h7-8,11H,4-6H2,1-3H3. The summed E-state index contributed by atoms with van der Waals surface area (Å²) < 4.78 is 5.59. The monoisotopic (exact) mass is 182 g/mol. The fourth-order valence-electron chi connectivity index (χ4n) is 1.10. The van der Waals surface area contributed by atoms with E-state index in [0.717, 1.165) is 31.0 Å². The molecular formula is C10H18N2O. The maximum absolute atomic E-state index is 5.59. The van der Waals surface area contributed by atoms with Crippen LogP contribution in [0, 0.1) is 0 Å². The summed E-state index contributed by atoms with van der Waals surface area (Å²) in [5.74, 6) is 2.33. The van der Waals surface area contributed by atoms with Crippen molar-refractivity contribution < 1.29 is 4.42 Å². The van der Waals surface area contributed by atoms with Gasteiger partial charge in [-0.2, -0.15) is 0 Å². The van der Waals surface area contributed by atoms with Crippen LogP contribution in [-0.2, 0) is 6.42 Å². The summed E-state index contributed by atoms with van der Waals surface area (Å²) in [6, 6.07) is 0. The highest BCUT2D eigenvalue weighted by molar-refractivity contribution is 5.00. The maximum atomic E-state index is 5.59. The van der Waals surface area contributed by atoms with Crippen molar-refractivity contribution in [3.63, 3.8) is 0 Å². The molecule has 0 aromatic carbocycles. The molecule has 0 aliphatic heterocycles. The van der Waals surface area contributed by atoms with Crippen molar-refractivity contribution in [3.8, 4) is 0 Å². The maximum Gasteiger partial charge on any atom is 0.195 e. The van der Waals surface area contributed by atoms with E-state index in [1.165, 1.54) is 0 Å². The highest BCUT2D eigenvalue weighted by atomic mass is 16.4. The van der Waals surface area contributed by atoms with Crippen molar-refractivity contribution >= 4 is 0 Å². The van der Waals surface area contributed by atoms with Crippen LogP contribution in [0.5, 0.6) is 0 Å². The molecule has 0 spiro atoms. The van der Waals surface area contributed by atoms with Crippen LogP contribution in [0.15, 0.2) is 10.6 Å². The molecule has 0 bridgehead atoms. The smallest absolute Gasteiger partial charge is 0.195 e. The number of rotatable bonds is 5. The van der Waals surface area contributed by atoms with Crippen molar-refractivity contribution in [2.45, 2.75) is 32.6 Å². The van der Waals surface area contributed by atoms with Crippen LogP contribution in [0.25, 0.3) is 0 Å². The fraction of sp³-hybridized carbons (Fsp3) is 0.700. The van der Waals surface area contributed by atoms with E-state index in [1.807, 2.05) is 13.2 Å². The van der Waals surface area contributed by atoms with Gasteiger partial charge in [-0.1, -0.05) is 13.8 Å². The Bertz CT molecular complexity index is 245. The Balaban J connectivity index is 2.53. The average Bonchev–Trinajstić information content (AvgIpc) is 2.62. The third kappa shape index (κ3) is 2.84. The zero-order valence-electron chi connectivity index (χ0n) is 8.63. The van der Waals surface area contributed by atoms with E-state index in [1.54, 1.807) is 0 Å². The average molecular weight is 182 g/mol. The minimum atomic E-state index is 0.482. The zero-order chi connectivity index (χ0) is 9.68. The lowest BCUT2D eigenvalue weighted by Gasteiger charge is -2.01. The molecule has 1 atom stereocenters. The zero-order valence-corrected chi connectivity index (χ0v) is 8.63. The predicted molar refractivity (Wildman–Crippen MR) is 52.8 cm³/mol. The molecule has 0 amide bonds. The molecule has 1 aromatic rings. The first-order chi connectivity index (χ1) is 6.27. The van der Waals surface area contributed by atoms with Gasteiger partial charge in [-0.05, 0) is 13.5 Å². The number of hydrogen-bond acceptors (Lipinski definition) is 3. The summed E-state index contributed by atoms with van der Waals surface area (Å²) in [5, 5.41) is 3.07. The second-order valence-electron chi connectivity index (χ2n) is 3.32. The van der Waals surface area contributed by atoms with E-state index in [9.17, 15) is 0 Å². The number of likely N-dealkylation sites (N-methyl/N-ethyl adjacent to an activating group) is 1. The van der Waals surface area contributed by atoms with E-state index >= 15 is 0 Å². The lowest BCUT2D eigenvalue weighted by Crippen LogP contribution is -2.10. The van der Waals surface area contributed by atoms with Gasteiger partial charge < -0.3 is 9.73 Å². The molecular weight excluding hydrogens is 164 g/mol. The largest absolute Gasteiger partial charge is 0.445 e. The van der Waals surface area contributed by atoms with Crippen LogP contribution >= 0.6 is 0 Å². The molecule has 1 aromatic heterocycles. The molecule has 0 fully saturated rings. The van der Waals surface area contributed by atoms with E-state index in [2.05, 4.69) is 24.1 Å². The molecule has 13 heavy (non-hydrogen) atoms. The number of nitrogens with zero attached hydrogens (tertiary/aromatic N) is 1. The Morgan fingerprint density at radius 1 is 1.62 bits per heavy atom. The molecule has 0 aliphatic carbocycles. The molecule has 3 heteroatoms. The molecule has 1 heterocycles. The van der Waals surface area contributed by atoms with Crippen LogP contribution in [0.3, 0.4) is 0 Å². The summed E-state index contributed by atoms with van der Waals surface area (Å²) >= 11 is 0. The number of aromatic nitrogens is 1. The Morgan fingerprint density at radius 3 is 3.00 bits per heavy atom. The van der Waals surface area contributed by atoms with Crippen molar-refractivity contribution in [3.05, 3.63) is 17.8 Å². The lowest BCUT2D eigenvalue weighted by atomic mass is 10.1. The minimum absolute atomic E-state index is 0.482. The highest BCUT2D eigenvalue weighted by Crippen LogP contribution is 2.19. The topological polar surface area (TPSA) is 38.1 Å². The first-order valence-electron chi connectivity index (χ1n) is 4.87. The summed E-state index contributed by atoms with van der Waals surface area (Å²) in [4.78, 5) is 4.22. The third-order valence-electron chi connectivity index (χ3n) is 2.26. The number of hydrogen-bond donors (Lipinski definition) is 1. The molecule has 1 unspecified atom stereocenters. The van der Waals surface area contributed by atoms with Crippen LogP contribution in [0.2, 0.25) is 0 Å². The molecule has 1 rings (SSSR count).